The van der Waals surface area contributed by atoms with Crippen molar-refractivity contribution in [1.29, 1.82) is 5.26 Å². The second-order valence-electron chi connectivity index (χ2n) is 10.9. The number of nitriles is 1. The van der Waals surface area contributed by atoms with Crippen LogP contribution >= 0.6 is 11.3 Å². The van der Waals surface area contributed by atoms with Crippen molar-refractivity contribution in [1.82, 2.24) is 20.3 Å². The molecular formula is C28H31N7O3S2. The Kier molecular flexibility index (Phi) is 6.96. The number of anilines is 2. The van der Waals surface area contributed by atoms with Gasteiger partial charge >= 0.3 is 0 Å². The number of nitrogens with one attached hydrogen (secondary N) is 1. The Bertz CT molecular complexity index is 1540. The minimum atomic E-state index is -2.96. The largest absolute Gasteiger partial charge is 0.369 e. The molecule has 1 aromatic carbocycles. The van der Waals surface area contributed by atoms with Gasteiger partial charge in [-0.25, -0.2) is 23.4 Å². The monoisotopic (exact) mass is 577 g/mol. The summed E-state index contributed by atoms with van der Waals surface area (Å²) >= 11 is 1.54. The number of benzene rings is 1. The Morgan fingerprint density at radius 3 is 2.40 bits per heavy atom. The van der Waals surface area contributed by atoms with E-state index in [1.807, 2.05) is 24.3 Å². The van der Waals surface area contributed by atoms with Crippen LogP contribution in [-0.2, 0) is 14.6 Å². The van der Waals surface area contributed by atoms with Gasteiger partial charge in [0.15, 0.2) is 9.84 Å². The highest BCUT2D eigenvalue weighted by Crippen LogP contribution is 2.46. The first-order valence-corrected chi connectivity index (χ1v) is 16.3. The molecule has 3 aromatic rings. The molecule has 0 bridgehead atoms. The minimum Gasteiger partial charge on any atom is -0.369 e. The van der Waals surface area contributed by atoms with Crippen LogP contribution in [0.2, 0.25) is 0 Å². The smallest absolute Gasteiger partial charge is 0.225 e. The Labute approximate surface area is 237 Å². The number of sulfone groups is 1. The van der Waals surface area contributed by atoms with Gasteiger partial charge in [-0.05, 0) is 43.4 Å². The van der Waals surface area contributed by atoms with E-state index >= 15 is 0 Å². The third-order valence-electron chi connectivity index (χ3n) is 8.19. The number of carbonyl (C=O) groups is 1. The van der Waals surface area contributed by atoms with Gasteiger partial charge in [0.1, 0.15) is 10.5 Å². The van der Waals surface area contributed by atoms with E-state index in [9.17, 15) is 18.5 Å². The van der Waals surface area contributed by atoms with Crippen molar-refractivity contribution in [2.24, 2.45) is 5.92 Å². The maximum absolute atomic E-state index is 13.5. The second-order valence-corrected chi connectivity index (χ2v) is 14.2. The standard InChI is InChI=1S/C28H31N7O3S2/c29-17-28(9-10-28)34-25(36)22-4-2-1-3-21(22)23-24(39-26(33-23)19-15-31-27(30)32-16-19)18-5-7-20(8-6-18)35-11-13-40(37,38)14-12-35/h5-8,15-16,21-22H,1-4,9-14H2,(H,34,36)(H2,30,31,32)/t21-,22-/m1/s1. The number of nitrogen functional groups attached to an aromatic ring is 1. The van der Waals surface area contributed by atoms with Crippen molar-refractivity contribution in [3.63, 3.8) is 0 Å². The highest BCUT2D eigenvalue weighted by Gasteiger charge is 2.47. The van der Waals surface area contributed by atoms with Crippen molar-refractivity contribution in [2.75, 3.05) is 35.2 Å². The zero-order chi connectivity index (χ0) is 27.9. The first kappa shape index (κ1) is 26.7. The predicted molar refractivity (Wildman–Crippen MR) is 154 cm³/mol. The lowest BCUT2D eigenvalue weighted by molar-refractivity contribution is -0.127. The van der Waals surface area contributed by atoms with Gasteiger partial charge < -0.3 is 16.0 Å². The summed E-state index contributed by atoms with van der Waals surface area (Å²) < 4.78 is 23.7. The summed E-state index contributed by atoms with van der Waals surface area (Å²) in [6.45, 7) is 0.968. The summed E-state index contributed by atoms with van der Waals surface area (Å²) in [5, 5.41) is 13.3. The summed E-state index contributed by atoms with van der Waals surface area (Å²) in [6, 6.07) is 10.4. The van der Waals surface area contributed by atoms with Crippen molar-refractivity contribution < 1.29 is 13.2 Å². The molecule has 2 saturated carbocycles. The van der Waals surface area contributed by atoms with Gasteiger partial charge in [0, 0.05) is 48.6 Å². The number of amides is 1. The molecule has 2 aromatic heterocycles. The normalized spacial score (nSPS) is 23.2. The number of rotatable bonds is 6. The Morgan fingerprint density at radius 1 is 1.07 bits per heavy atom. The lowest BCUT2D eigenvalue weighted by Gasteiger charge is -2.31. The maximum atomic E-state index is 13.5. The molecule has 6 rings (SSSR count). The lowest BCUT2D eigenvalue weighted by atomic mass is 9.76. The summed E-state index contributed by atoms with van der Waals surface area (Å²) in [5.74, 6) is 0.126. The molecule has 10 nitrogen and oxygen atoms in total. The van der Waals surface area contributed by atoms with Crippen molar-refractivity contribution >= 4 is 38.7 Å². The van der Waals surface area contributed by atoms with E-state index in [0.29, 0.717) is 25.9 Å². The number of carbonyl (C=O) groups excluding carboxylic acids is 1. The van der Waals surface area contributed by atoms with Gasteiger partial charge in [0.2, 0.25) is 11.9 Å². The van der Waals surface area contributed by atoms with Crippen molar-refractivity contribution in [3.8, 4) is 27.1 Å². The topological polar surface area (TPSA) is 155 Å². The van der Waals surface area contributed by atoms with Gasteiger partial charge in [0.05, 0.1) is 28.1 Å². The minimum absolute atomic E-state index is 0.0598. The molecule has 40 heavy (non-hydrogen) atoms. The molecule has 0 radical (unpaired) electrons. The highest BCUT2D eigenvalue weighted by atomic mass is 32.2. The number of nitrogens with two attached hydrogens (primary N) is 1. The van der Waals surface area contributed by atoms with Crippen LogP contribution in [0.4, 0.5) is 11.6 Å². The van der Waals surface area contributed by atoms with Crippen LogP contribution in [0.5, 0.6) is 0 Å². The number of hydrogen-bond acceptors (Lipinski definition) is 10. The molecule has 1 saturated heterocycles. The molecule has 1 amide bonds. The van der Waals surface area contributed by atoms with Gasteiger partial charge in [0.25, 0.3) is 0 Å². The van der Waals surface area contributed by atoms with E-state index in [2.05, 4.69) is 26.3 Å². The third-order valence-corrected chi connectivity index (χ3v) is 11.0. The van der Waals surface area contributed by atoms with Gasteiger partial charge in [-0.15, -0.1) is 11.3 Å². The van der Waals surface area contributed by atoms with Crippen LogP contribution in [0, 0.1) is 17.2 Å². The van der Waals surface area contributed by atoms with Crippen LogP contribution < -0.4 is 16.0 Å². The highest BCUT2D eigenvalue weighted by molar-refractivity contribution is 7.91. The van der Waals surface area contributed by atoms with Gasteiger partial charge in [-0.2, -0.15) is 5.26 Å². The molecule has 3 fully saturated rings. The number of thiazole rings is 1. The third kappa shape index (κ3) is 5.40. The van der Waals surface area contributed by atoms with Crippen LogP contribution in [0.25, 0.3) is 21.0 Å². The summed E-state index contributed by atoms with van der Waals surface area (Å²) in [6.07, 6.45) is 8.29. The fraction of sp³-hybridized carbons (Fsp3) is 0.464. The predicted octanol–water partition coefficient (Wildman–Crippen LogP) is 3.53. The number of hydrogen-bond donors (Lipinski definition) is 2. The van der Waals surface area contributed by atoms with E-state index in [0.717, 1.165) is 58.1 Å². The van der Waals surface area contributed by atoms with E-state index in [1.165, 1.54) is 0 Å². The first-order valence-electron chi connectivity index (χ1n) is 13.6. The van der Waals surface area contributed by atoms with E-state index in [1.54, 1.807) is 23.7 Å². The zero-order valence-electron chi connectivity index (χ0n) is 22.0. The van der Waals surface area contributed by atoms with Crippen LogP contribution in [-0.4, -0.2) is 59.4 Å². The molecule has 0 spiro atoms. The quantitative estimate of drug-likeness (QED) is 0.447. The maximum Gasteiger partial charge on any atom is 0.225 e. The van der Waals surface area contributed by atoms with Gasteiger partial charge in [-0.1, -0.05) is 25.0 Å². The van der Waals surface area contributed by atoms with Crippen molar-refractivity contribution in [2.45, 2.75) is 50.0 Å². The van der Waals surface area contributed by atoms with Crippen molar-refractivity contribution in [3.05, 3.63) is 42.4 Å². The van der Waals surface area contributed by atoms with E-state index < -0.39 is 15.4 Å². The summed E-state index contributed by atoms with van der Waals surface area (Å²) in [4.78, 5) is 29.9. The van der Waals surface area contributed by atoms with Crippen LogP contribution in [0.1, 0.15) is 50.1 Å². The van der Waals surface area contributed by atoms with E-state index in [4.69, 9.17) is 10.7 Å². The Morgan fingerprint density at radius 2 is 1.75 bits per heavy atom. The van der Waals surface area contributed by atoms with Crippen LogP contribution in [0.15, 0.2) is 36.7 Å². The number of aromatic nitrogens is 3. The Balaban J connectivity index is 1.35. The van der Waals surface area contributed by atoms with E-state index in [-0.39, 0.29) is 35.2 Å². The fourth-order valence-electron chi connectivity index (χ4n) is 5.65. The lowest BCUT2D eigenvalue weighted by Crippen LogP contribution is -2.42. The second kappa shape index (κ2) is 10.4. The fourth-order valence-corrected chi connectivity index (χ4v) is 7.96. The molecule has 3 heterocycles. The molecule has 1 aliphatic heterocycles. The molecular weight excluding hydrogens is 546 g/mol. The average Bonchev–Trinajstić information content (AvgIpc) is 3.60. The summed E-state index contributed by atoms with van der Waals surface area (Å²) in [7, 11) is -2.96. The average molecular weight is 578 g/mol. The molecule has 12 heteroatoms. The molecule has 208 valence electrons. The summed E-state index contributed by atoms with van der Waals surface area (Å²) in [5.41, 5.74) is 8.62. The molecule has 3 aliphatic rings. The molecule has 2 aliphatic carbocycles. The SMILES string of the molecule is N#CC1(NC(=O)[C@@H]2CCCC[C@H]2c2nc(-c3cnc(N)nc3)sc2-c2ccc(N3CCS(=O)(=O)CC3)cc2)CC1. The molecule has 3 N–H and O–H groups in total. The first-order chi connectivity index (χ1) is 19.3. The molecule has 0 unspecified atom stereocenters. The van der Waals surface area contributed by atoms with Crippen LogP contribution in [0.3, 0.4) is 0 Å². The van der Waals surface area contributed by atoms with Gasteiger partial charge in [-0.3, -0.25) is 4.79 Å². The number of nitrogens with zero attached hydrogens (tertiary/aromatic N) is 5. The Hall–Kier alpha value is -3.56. The zero-order valence-corrected chi connectivity index (χ0v) is 23.7. The molecule has 2 atom stereocenters.